The molecule has 0 unspecified atom stereocenters. The molecule has 2 aromatic heterocycles. The van der Waals surface area contributed by atoms with Gasteiger partial charge in [-0.15, -0.1) is 0 Å². The molecule has 0 aliphatic heterocycles. The summed E-state index contributed by atoms with van der Waals surface area (Å²) < 4.78 is 6.62. The van der Waals surface area contributed by atoms with Gasteiger partial charge in [-0.25, -0.2) is 0 Å². The lowest BCUT2D eigenvalue weighted by Gasteiger charge is -2.01. The van der Waals surface area contributed by atoms with Crippen molar-refractivity contribution in [3.05, 3.63) is 35.9 Å². The Labute approximate surface area is 104 Å². The van der Waals surface area contributed by atoms with Crippen molar-refractivity contribution in [1.82, 2.24) is 9.78 Å². The van der Waals surface area contributed by atoms with E-state index in [0.29, 0.717) is 17.8 Å². The fraction of sp³-hybridized carbons (Fsp3) is 0.250. The summed E-state index contributed by atoms with van der Waals surface area (Å²) in [5.74, 6) is 0.859. The van der Waals surface area contributed by atoms with Gasteiger partial charge in [-0.05, 0) is 12.1 Å². The molecule has 6 nitrogen and oxygen atoms in total. The van der Waals surface area contributed by atoms with Crippen LogP contribution in [-0.4, -0.2) is 15.7 Å². The predicted molar refractivity (Wildman–Crippen MR) is 63.6 cm³/mol. The van der Waals surface area contributed by atoms with E-state index < -0.39 is 0 Å². The fourth-order valence-corrected chi connectivity index (χ4v) is 1.55. The fourth-order valence-electron chi connectivity index (χ4n) is 1.55. The number of rotatable bonds is 4. The van der Waals surface area contributed by atoms with Gasteiger partial charge in [-0.2, -0.15) is 10.4 Å². The van der Waals surface area contributed by atoms with Gasteiger partial charge in [0.25, 0.3) is 0 Å². The van der Waals surface area contributed by atoms with Crippen molar-refractivity contribution in [2.45, 2.75) is 12.8 Å². The molecular formula is C12H12N4O2. The number of nitriles is 1. The molecule has 0 aliphatic rings. The second-order valence-electron chi connectivity index (χ2n) is 3.80. The van der Waals surface area contributed by atoms with Crippen LogP contribution in [0.15, 0.2) is 29.0 Å². The average molecular weight is 244 g/mol. The summed E-state index contributed by atoms with van der Waals surface area (Å²) in [7, 11) is 1.69. The topological polar surface area (TPSA) is 83.9 Å². The number of hydrogen-bond acceptors (Lipinski definition) is 4. The largest absolute Gasteiger partial charge is 0.469 e. The van der Waals surface area contributed by atoms with Crippen LogP contribution in [-0.2, 0) is 18.3 Å². The number of aryl methyl sites for hydroxylation is 2. The maximum atomic E-state index is 11.7. The molecule has 0 fully saturated rings. The van der Waals surface area contributed by atoms with Crippen molar-refractivity contribution in [3.63, 3.8) is 0 Å². The number of amides is 1. The zero-order valence-corrected chi connectivity index (χ0v) is 9.88. The minimum Gasteiger partial charge on any atom is -0.469 e. The first-order valence-corrected chi connectivity index (χ1v) is 5.45. The van der Waals surface area contributed by atoms with Gasteiger partial charge in [0.2, 0.25) is 5.91 Å². The van der Waals surface area contributed by atoms with E-state index in [2.05, 4.69) is 10.4 Å². The minimum absolute atomic E-state index is 0.193. The third-order valence-corrected chi connectivity index (χ3v) is 2.39. The number of furan rings is 1. The Kier molecular flexibility index (Phi) is 3.44. The van der Waals surface area contributed by atoms with Crippen LogP contribution in [0.2, 0.25) is 0 Å². The zero-order chi connectivity index (χ0) is 13.0. The van der Waals surface area contributed by atoms with Crippen LogP contribution in [0.3, 0.4) is 0 Å². The molecule has 0 saturated carbocycles. The van der Waals surface area contributed by atoms with E-state index in [-0.39, 0.29) is 12.3 Å². The summed E-state index contributed by atoms with van der Waals surface area (Å²) in [6, 6.07) is 5.57. The van der Waals surface area contributed by atoms with Gasteiger partial charge in [0.1, 0.15) is 17.4 Å². The van der Waals surface area contributed by atoms with E-state index in [1.165, 1.54) is 4.68 Å². The molecule has 1 N–H and O–H groups in total. The van der Waals surface area contributed by atoms with Gasteiger partial charge in [0, 0.05) is 26.1 Å². The van der Waals surface area contributed by atoms with E-state index in [1.807, 2.05) is 12.1 Å². The van der Waals surface area contributed by atoms with E-state index >= 15 is 0 Å². The second kappa shape index (κ2) is 5.19. The summed E-state index contributed by atoms with van der Waals surface area (Å²) in [6.07, 6.45) is 3.93. The molecule has 0 atom stereocenters. The van der Waals surface area contributed by atoms with Gasteiger partial charge in [-0.1, -0.05) is 0 Å². The van der Waals surface area contributed by atoms with Crippen molar-refractivity contribution in [2.24, 2.45) is 7.05 Å². The van der Waals surface area contributed by atoms with Gasteiger partial charge in [0.15, 0.2) is 5.82 Å². The van der Waals surface area contributed by atoms with Crippen LogP contribution >= 0.6 is 0 Å². The van der Waals surface area contributed by atoms with Crippen molar-refractivity contribution in [1.29, 1.82) is 5.26 Å². The van der Waals surface area contributed by atoms with Crippen LogP contribution < -0.4 is 5.32 Å². The van der Waals surface area contributed by atoms with Crippen molar-refractivity contribution >= 4 is 11.7 Å². The molecule has 0 aliphatic carbocycles. The highest BCUT2D eigenvalue weighted by atomic mass is 16.3. The van der Waals surface area contributed by atoms with Crippen LogP contribution in [0, 0.1) is 11.3 Å². The predicted octanol–water partition coefficient (Wildman–Crippen LogP) is 1.46. The number of nitrogens with one attached hydrogen (secondary N) is 1. The van der Waals surface area contributed by atoms with Crippen molar-refractivity contribution in [2.75, 3.05) is 5.32 Å². The first kappa shape index (κ1) is 11.9. The number of hydrogen-bond donors (Lipinski definition) is 1. The van der Waals surface area contributed by atoms with E-state index in [9.17, 15) is 4.79 Å². The summed E-state index contributed by atoms with van der Waals surface area (Å²) in [6.45, 7) is 0. The van der Waals surface area contributed by atoms with Crippen molar-refractivity contribution < 1.29 is 9.21 Å². The molecule has 0 spiro atoms. The molecule has 0 bridgehead atoms. The smallest absolute Gasteiger partial charge is 0.226 e. The molecule has 2 aromatic rings. The molecule has 0 radical (unpaired) electrons. The number of carbonyl (C=O) groups excluding carboxylic acids is 1. The molecule has 2 heterocycles. The number of carbonyl (C=O) groups is 1. The number of aromatic nitrogens is 2. The first-order chi connectivity index (χ1) is 8.69. The number of anilines is 1. The van der Waals surface area contributed by atoms with Gasteiger partial charge < -0.3 is 9.73 Å². The Morgan fingerprint density at radius 3 is 3.17 bits per heavy atom. The summed E-state index contributed by atoms with van der Waals surface area (Å²) in [4.78, 5) is 11.7. The third kappa shape index (κ3) is 2.77. The summed E-state index contributed by atoms with van der Waals surface area (Å²) in [5.41, 5.74) is 0.351. The van der Waals surface area contributed by atoms with E-state index in [0.717, 1.165) is 5.76 Å². The zero-order valence-electron chi connectivity index (χ0n) is 9.88. The Balaban J connectivity index is 1.93. The first-order valence-electron chi connectivity index (χ1n) is 5.45. The molecule has 2 rings (SSSR count). The van der Waals surface area contributed by atoms with Gasteiger partial charge in [0.05, 0.1) is 6.26 Å². The number of nitrogens with zero attached hydrogens (tertiary/aromatic N) is 3. The highest BCUT2D eigenvalue weighted by Gasteiger charge is 2.11. The Morgan fingerprint density at radius 1 is 1.67 bits per heavy atom. The molecule has 0 saturated heterocycles. The average Bonchev–Trinajstić information content (AvgIpc) is 2.96. The highest BCUT2D eigenvalue weighted by Crippen LogP contribution is 2.12. The normalized spacial score (nSPS) is 10.0. The maximum Gasteiger partial charge on any atom is 0.226 e. The van der Waals surface area contributed by atoms with Crippen LogP contribution in [0.25, 0.3) is 0 Å². The molecular weight excluding hydrogens is 232 g/mol. The maximum absolute atomic E-state index is 11.7. The highest BCUT2D eigenvalue weighted by molar-refractivity contribution is 5.90. The molecule has 6 heteroatoms. The van der Waals surface area contributed by atoms with Gasteiger partial charge in [-0.3, -0.25) is 9.48 Å². The van der Waals surface area contributed by atoms with E-state index in [1.54, 1.807) is 25.6 Å². The third-order valence-electron chi connectivity index (χ3n) is 2.39. The lowest BCUT2D eigenvalue weighted by Crippen LogP contribution is -2.13. The molecule has 18 heavy (non-hydrogen) atoms. The quantitative estimate of drug-likeness (QED) is 0.882. The standard InChI is InChI=1S/C12H12N4O2/c1-16-8-9(7-13)12(15-16)14-11(17)5-4-10-3-2-6-18-10/h2-3,6,8H,4-5H2,1H3,(H,14,15,17). The molecule has 1 amide bonds. The second-order valence-corrected chi connectivity index (χ2v) is 3.80. The molecule has 0 aromatic carbocycles. The SMILES string of the molecule is Cn1cc(C#N)c(NC(=O)CCc2ccco2)n1. The van der Waals surface area contributed by atoms with Crippen LogP contribution in [0.4, 0.5) is 5.82 Å². The Hall–Kier alpha value is -2.55. The lowest BCUT2D eigenvalue weighted by atomic mass is 10.2. The lowest BCUT2D eigenvalue weighted by molar-refractivity contribution is -0.116. The Morgan fingerprint density at radius 2 is 2.50 bits per heavy atom. The van der Waals surface area contributed by atoms with Crippen molar-refractivity contribution in [3.8, 4) is 6.07 Å². The molecule has 92 valence electrons. The monoisotopic (exact) mass is 244 g/mol. The summed E-state index contributed by atoms with van der Waals surface area (Å²) in [5, 5.41) is 15.5. The minimum atomic E-state index is -0.193. The summed E-state index contributed by atoms with van der Waals surface area (Å²) >= 11 is 0. The van der Waals surface area contributed by atoms with Crippen LogP contribution in [0.5, 0.6) is 0 Å². The van der Waals surface area contributed by atoms with E-state index in [4.69, 9.17) is 9.68 Å². The van der Waals surface area contributed by atoms with Gasteiger partial charge >= 0.3 is 0 Å². The Bertz CT molecular complexity index is 578. The van der Waals surface area contributed by atoms with Crippen LogP contribution in [0.1, 0.15) is 17.7 Å².